The molecule has 0 aromatic rings. The lowest BCUT2D eigenvalue weighted by atomic mass is 10.2. The standard InChI is InChI=1S/C10H20N2SSi/c1-3-4-5-6-7-12-14(2)10-11-8-9-13-10/h3-9H2,1-2H3. The highest BCUT2D eigenvalue weighted by atomic mass is 32.2. The van der Waals surface area contributed by atoms with Crippen molar-refractivity contribution in [1.29, 1.82) is 0 Å². The van der Waals surface area contributed by atoms with E-state index < -0.39 is 8.59 Å². The Bertz CT molecular complexity index is 226. The molecule has 0 fully saturated rings. The van der Waals surface area contributed by atoms with Crippen molar-refractivity contribution in [2.24, 2.45) is 9.63 Å². The van der Waals surface area contributed by atoms with E-state index in [1.165, 1.54) is 36.1 Å². The maximum atomic E-state index is 4.73. The average molecular weight is 228 g/mol. The molecule has 4 heteroatoms. The van der Waals surface area contributed by atoms with Crippen molar-refractivity contribution < 1.29 is 0 Å². The Morgan fingerprint density at radius 1 is 1.43 bits per heavy atom. The van der Waals surface area contributed by atoms with Crippen LogP contribution in [0.4, 0.5) is 0 Å². The molecule has 2 nitrogen and oxygen atoms in total. The molecule has 0 saturated carbocycles. The second-order valence-corrected chi connectivity index (χ2v) is 6.97. The number of hydrogen-bond acceptors (Lipinski definition) is 3. The number of hydrogen-bond donors (Lipinski definition) is 0. The molecular formula is C10H20N2SSi. The lowest BCUT2D eigenvalue weighted by Gasteiger charge is -1.98. The first kappa shape index (κ1) is 12.1. The third kappa shape index (κ3) is 4.51. The van der Waals surface area contributed by atoms with Gasteiger partial charge in [-0.15, -0.1) is 11.8 Å². The first-order valence-corrected chi connectivity index (χ1v) is 8.46. The molecule has 0 aliphatic carbocycles. The van der Waals surface area contributed by atoms with E-state index in [9.17, 15) is 0 Å². The van der Waals surface area contributed by atoms with Crippen LogP contribution in [0.5, 0.6) is 0 Å². The van der Waals surface area contributed by atoms with Gasteiger partial charge in [0.05, 0.1) is 4.67 Å². The summed E-state index contributed by atoms with van der Waals surface area (Å²) in [5.74, 6) is 1.18. The van der Waals surface area contributed by atoms with Crippen LogP contribution < -0.4 is 0 Å². The van der Waals surface area contributed by atoms with Gasteiger partial charge in [0.25, 0.3) is 0 Å². The van der Waals surface area contributed by atoms with Gasteiger partial charge in [0.1, 0.15) is 0 Å². The van der Waals surface area contributed by atoms with Crippen molar-refractivity contribution in [1.82, 2.24) is 0 Å². The van der Waals surface area contributed by atoms with Crippen LogP contribution >= 0.6 is 11.8 Å². The smallest absolute Gasteiger partial charge is 0.181 e. The molecule has 0 N–H and O–H groups in total. The van der Waals surface area contributed by atoms with Crippen molar-refractivity contribution >= 4 is 25.0 Å². The van der Waals surface area contributed by atoms with Crippen LogP contribution in [0.2, 0.25) is 6.55 Å². The number of thioether (sulfide) groups is 1. The largest absolute Gasteiger partial charge is 0.329 e. The van der Waals surface area contributed by atoms with Crippen LogP contribution in [0.15, 0.2) is 9.63 Å². The fraction of sp³-hybridized carbons (Fsp3) is 0.900. The van der Waals surface area contributed by atoms with Crippen LogP contribution in [-0.2, 0) is 0 Å². The molecule has 0 aromatic heterocycles. The lowest BCUT2D eigenvalue weighted by molar-refractivity contribution is 0.676. The predicted molar refractivity (Wildman–Crippen MR) is 67.8 cm³/mol. The molecule has 1 heterocycles. The van der Waals surface area contributed by atoms with Crippen molar-refractivity contribution in [3.63, 3.8) is 0 Å². The van der Waals surface area contributed by atoms with Gasteiger partial charge in [-0.3, -0.25) is 4.99 Å². The molecule has 0 atom stereocenters. The van der Waals surface area contributed by atoms with E-state index in [0.717, 1.165) is 13.1 Å². The molecular weight excluding hydrogens is 208 g/mol. The van der Waals surface area contributed by atoms with Crippen molar-refractivity contribution in [2.75, 3.05) is 18.8 Å². The molecule has 0 bridgehead atoms. The minimum absolute atomic E-state index is 0.616. The Hall–Kier alpha value is 0.0369. The first-order valence-electron chi connectivity index (χ1n) is 5.53. The minimum atomic E-state index is -0.616. The molecule has 1 aliphatic heterocycles. The predicted octanol–water partition coefficient (Wildman–Crippen LogP) is 3.14. The molecule has 80 valence electrons. The van der Waals surface area contributed by atoms with E-state index in [1.54, 1.807) is 0 Å². The van der Waals surface area contributed by atoms with Gasteiger partial charge >= 0.3 is 0 Å². The summed E-state index contributed by atoms with van der Waals surface area (Å²) in [4.78, 5) is 4.48. The third-order valence-corrected chi connectivity index (χ3v) is 5.84. The van der Waals surface area contributed by atoms with Gasteiger partial charge in [-0.2, -0.15) is 0 Å². The molecule has 0 radical (unpaired) electrons. The monoisotopic (exact) mass is 228 g/mol. The van der Waals surface area contributed by atoms with Crippen molar-refractivity contribution in [3.05, 3.63) is 0 Å². The van der Waals surface area contributed by atoms with Gasteiger partial charge in [-0.1, -0.05) is 26.2 Å². The molecule has 0 spiro atoms. The molecule has 0 unspecified atom stereocenters. The summed E-state index contributed by atoms with van der Waals surface area (Å²) >= 11 is 1.92. The second-order valence-electron chi connectivity index (χ2n) is 3.56. The van der Waals surface area contributed by atoms with Crippen LogP contribution in [0.3, 0.4) is 0 Å². The summed E-state index contributed by atoms with van der Waals surface area (Å²) in [6.07, 6.45) is 5.28. The zero-order chi connectivity index (χ0) is 10.2. The van der Waals surface area contributed by atoms with Crippen LogP contribution in [0, 0.1) is 0 Å². The van der Waals surface area contributed by atoms with E-state index in [0.29, 0.717) is 0 Å². The number of rotatable bonds is 6. The Morgan fingerprint density at radius 3 is 2.93 bits per heavy atom. The summed E-state index contributed by atoms with van der Waals surface area (Å²) in [5, 5.41) is 0. The van der Waals surface area contributed by atoms with Gasteiger partial charge in [0.2, 0.25) is 0 Å². The second kappa shape index (κ2) is 7.34. The Kier molecular flexibility index (Phi) is 6.35. The summed E-state index contributed by atoms with van der Waals surface area (Å²) < 4.78 is 6.08. The summed E-state index contributed by atoms with van der Waals surface area (Å²) in [6, 6.07) is 0. The average Bonchev–Trinajstić information content (AvgIpc) is 2.70. The van der Waals surface area contributed by atoms with Crippen LogP contribution in [0.25, 0.3) is 0 Å². The van der Waals surface area contributed by atoms with Crippen LogP contribution in [-0.4, -0.2) is 32.1 Å². The number of unbranched alkanes of at least 4 members (excludes halogenated alkanes) is 3. The van der Waals surface area contributed by atoms with Crippen molar-refractivity contribution in [3.8, 4) is 0 Å². The fourth-order valence-corrected chi connectivity index (χ4v) is 4.27. The fourth-order valence-electron chi connectivity index (χ4n) is 1.41. The van der Waals surface area contributed by atoms with E-state index in [4.69, 9.17) is 4.63 Å². The molecule has 1 aliphatic rings. The SMILES string of the molecule is CCCCCCN=[Si](C)C1=NCCS1. The van der Waals surface area contributed by atoms with E-state index in [1.807, 2.05) is 11.8 Å². The molecule has 0 saturated heterocycles. The zero-order valence-corrected chi connectivity index (χ0v) is 11.1. The Labute approximate surface area is 92.9 Å². The quantitative estimate of drug-likeness (QED) is 0.506. The highest BCUT2D eigenvalue weighted by Gasteiger charge is 2.10. The number of aliphatic imine (C=N–C) groups is 1. The Morgan fingerprint density at radius 2 is 2.29 bits per heavy atom. The highest BCUT2D eigenvalue weighted by molar-refractivity contribution is 8.17. The maximum Gasteiger partial charge on any atom is 0.181 e. The summed E-state index contributed by atoms with van der Waals surface area (Å²) in [6.45, 7) is 6.59. The molecule has 0 aromatic carbocycles. The van der Waals surface area contributed by atoms with E-state index >= 15 is 0 Å². The normalized spacial score (nSPS) is 17.3. The highest BCUT2D eigenvalue weighted by Crippen LogP contribution is 2.12. The van der Waals surface area contributed by atoms with Gasteiger partial charge in [0, 0.05) is 18.8 Å². The van der Waals surface area contributed by atoms with Crippen molar-refractivity contribution in [2.45, 2.75) is 39.2 Å². The zero-order valence-electron chi connectivity index (χ0n) is 9.25. The van der Waals surface area contributed by atoms with Gasteiger partial charge in [-0.05, 0) is 13.0 Å². The van der Waals surface area contributed by atoms with E-state index in [-0.39, 0.29) is 0 Å². The summed E-state index contributed by atoms with van der Waals surface area (Å²) in [5.41, 5.74) is 0. The number of nitrogens with zero attached hydrogens (tertiary/aromatic N) is 2. The Balaban J connectivity index is 2.16. The third-order valence-electron chi connectivity index (χ3n) is 2.26. The summed E-state index contributed by atoms with van der Waals surface area (Å²) in [7, 11) is -0.616. The van der Waals surface area contributed by atoms with Gasteiger partial charge in [-0.25, -0.2) is 0 Å². The topological polar surface area (TPSA) is 24.7 Å². The molecule has 0 amide bonds. The van der Waals surface area contributed by atoms with E-state index in [2.05, 4.69) is 18.5 Å². The lowest BCUT2D eigenvalue weighted by Crippen LogP contribution is -2.07. The minimum Gasteiger partial charge on any atom is -0.329 e. The molecule has 14 heavy (non-hydrogen) atoms. The van der Waals surface area contributed by atoms with Crippen LogP contribution in [0.1, 0.15) is 32.6 Å². The maximum absolute atomic E-state index is 4.73. The van der Waals surface area contributed by atoms with Gasteiger partial charge < -0.3 is 4.63 Å². The van der Waals surface area contributed by atoms with Gasteiger partial charge in [0.15, 0.2) is 8.59 Å². The molecule has 1 rings (SSSR count). The first-order chi connectivity index (χ1) is 6.84.